The van der Waals surface area contributed by atoms with Crippen molar-refractivity contribution >= 4 is 11.6 Å². The lowest BCUT2D eigenvalue weighted by molar-refractivity contribution is 0.922. The number of halogens is 1. The van der Waals surface area contributed by atoms with Crippen molar-refractivity contribution in [2.24, 2.45) is 0 Å². The van der Waals surface area contributed by atoms with Gasteiger partial charge in [0.2, 0.25) is 0 Å². The predicted octanol–water partition coefficient (Wildman–Crippen LogP) is 1.50. The molecule has 0 aliphatic heterocycles. The van der Waals surface area contributed by atoms with Gasteiger partial charge in [0.05, 0.1) is 0 Å². The lowest BCUT2D eigenvalue weighted by atomic mass is 10.5. The van der Waals surface area contributed by atoms with E-state index in [-0.39, 0.29) is 0 Å². The van der Waals surface area contributed by atoms with Gasteiger partial charge < -0.3 is 0 Å². The third-order valence-electron chi connectivity index (χ3n) is 2.25. The van der Waals surface area contributed by atoms with Crippen molar-refractivity contribution in [1.29, 1.82) is 0 Å². The Hall–Kier alpha value is -2.21. The molecule has 17 heavy (non-hydrogen) atoms. The second-order valence-electron chi connectivity index (χ2n) is 3.27. The fourth-order valence-corrected chi connectivity index (χ4v) is 1.77. The van der Waals surface area contributed by atoms with Gasteiger partial charge in [-0.1, -0.05) is 11.6 Å². The van der Waals surface area contributed by atoms with E-state index in [9.17, 15) is 0 Å². The molecular formula is C10H7ClN6. The topological polar surface area (TPSA) is 61.4 Å². The van der Waals surface area contributed by atoms with Crippen molar-refractivity contribution in [3.05, 3.63) is 48.8 Å². The summed E-state index contributed by atoms with van der Waals surface area (Å²) < 4.78 is 3.45. The van der Waals surface area contributed by atoms with E-state index in [2.05, 4.69) is 19.9 Å². The van der Waals surface area contributed by atoms with E-state index >= 15 is 0 Å². The summed E-state index contributed by atoms with van der Waals surface area (Å²) in [5.41, 5.74) is 0. The second kappa shape index (κ2) is 3.99. The average molecular weight is 247 g/mol. The molecule has 0 N–H and O–H groups in total. The van der Waals surface area contributed by atoms with Crippen LogP contribution in [0.4, 0.5) is 0 Å². The molecule has 3 aromatic rings. The summed E-state index contributed by atoms with van der Waals surface area (Å²) in [7, 11) is 0. The number of hydrogen-bond donors (Lipinski definition) is 0. The number of nitrogens with zero attached hydrogens (tertiary/aromatic N) is 6. The monoisotopic (exact) mass is 246 g/mol. The summed E-state index contributed by atoms with van der Waals surface area (Å²) in [6.07, 6.45) is 11.6. The zero-order chi connectivity index (χ0) is 11.7. The van der Waals surface area contributed by atoms with E-state index in [0.717, 1.165) is 0 Å². The molecule has 0 unspecified atom stereocenters. The Labute approximate surface area is 102 Å². The van der Waals surface area contributed by atoms with Crippen LogP contribution in [-0.4, -0.2) is 29.1 Å². The molecule has 3 heterocycles. The Bertz CT molecular complexity index is 564. The van der Waals surface area contributed by atoms with E-state index in [1.165, 1.54) is 6.33 Å². The first-order valence-corrected chi connectivity index (χ1v) is 5.21. The van der Waals surface area contributed by atoms with Gasteiger partial charge in [-0.3, -0.25) is 9.13 Å². The Morgan fingerprint density at radius 3 is 1.82 bits per heavy atom. The summed E-state index contributed by atoms with van der Waals surface area (Å²) in [6, 6.07) is 0. The first kappa shape index (κ1) is 9.98. The Morgan fingerprint density at radius 1 is 0.882 bits per heavy atom. The highest BCUT2D eigenvalue weighted by molar-refractivity contribution is 6.33. The largest absolute Gasteiger partial charge is 0.289 e. The minimum Gasteiger partial charge on any atom is -0.289 e. The maximum Gasteiger partial charge on any atom is 0.162 e. The van der Waals surface area contributed by atoms with Crippen LogP contribution in [0.3, 0.4) is 0 Å². The SMILES string of the molecule is Clc1c(-n2ccnc2)ncnc1-n1ccnc1. The van der Waals surface area contributed by atoms with Crippen LogP contribution < -0.4 is 0 Å². The standard InChI is InChI=1S/C10H7ClN6/c11-8-9(16-3-1-12-6-16)14-5-15-10(8)17-4-2-13-7-17/h1-7H. The van der Waals surface area contributed by atoms with Gasteiger partial charge in [-0.15, -0.1) is 0 Å². The summed E-state index contributed by atoms with van der Waals surface area (Å²) in [4.78, 5) is 16.2. The molecule has 3 rings (SSSR count). The fourth-order valence-electron chi connectivity index (χ4n) is 1.48. The van der Waals surface area contributed by atoms with Crippen LogP contribution in [0.5, 0.6) is 0 Å². The zero-order valence-corrected chi connectivity index (χ0v) is 9.36. The first-order valence-electron chi connectivity index (χ1n) is 4.83. The maximum atomic E-state index is 6.27. The highest BCUT2D eigenvalue weighted by Gasteiger charge is 2.11. The molecule has 0 saturated heterocycles. The lowest BCUT2D eigenvalue weighted by Crippen LogP contribution is -2.02. The van der Waals surface area contributed by atoms with Crippen molar-refractivity contribution in [3.63, 3.8) is 0 Å². The molecule has 0 aliphatic carbocycles. The van der Waals surface area contributed by atoms with Crippen LogP contribution in [0.2, 0.25) is 5.02 Å². The van der Waals surface area contributed by atoms with Gasteiger partial charge in [0.25, 0.3) is 0 Å². The quantitative estimate of drug-likeness (QED) is 0.688. The minimum absolute atomic E-state index is 0.448. The Balaban J connectivity index is 2.17. The smallest absolute Gasteiger partial charge is 0.162 e. The highest BCUT2D eigenvalue weighted by atomic mass is 35.5. The van der Waals surface area contributed by atoms with Crippen LogP contribution >= 0.6 is 11.6 Å². The Morgan fingerprint density at radius 2 is 1.41 bits per heavy atom. The van der Waals surface area contributed by atoms with E-state index in [1.54, 1.807) is 46.6 Å². The molecule has 84 valence electrons. The molecule has 0 radical (unpaired) electrons. The van der Waals surface area contributed by atoms with Crippen LogP contribution in [0.1, 0.15) is 0 Å². The molecule has 6 nitrogen and oxygen atoms in total. The van der Waals surface area contributed by atoms with Gasteiger partial charge in [-0.25, -0.2) is 19.9 Å². The van der Waals surface area contributed by atoms with E-state index in [0.29, 0.717) is 16.7 Å². The lowest BCUT2D eigenvalue weighted by Gasteiger charge is -2.07. The van der Waals surface area contributed by atoms with Crippen LogP contribution in [-0.2, 0) is 0 Å². The van der Waals surface area contributed by atoms with Crippen LogP contribution in [0.15, 0.2) is 43.8 Å². The number of rotatable bonds is 2. The van der Waals surface area contributed by atoms with E-state index in [1.807, 2.05) is 0 Å². The van der Waals surface area contributed by atoms with Gasteiger partial charge in [-0.05, 0) is 0 Å². The molecule has 7 heteroatoms. The molecule has 0 aliphatic rings. The first-order chi connectivity index (χ1) is 8.36. The molecule has 0 saturated carbocycles. The molecule has 0 aromatic carbocycles. The third kappa shape index (κ3) is 1.68. The van der Waals surface area contributed by atoms with Gasteiger partial charge in [0, 0.05) is 24.8 Å². The minimum atomic E-state index is 0.448. The highest BCUT2D eigenvalue weighted by Crippen LogP contribution is 2.23. The molecule has 0 atom stereocenters. The fraction of sp³-hybridized carbons (Fsp3) is 0. The number of hydrogen-bond acceptors (Lipinski definition) is 4. The summed E-state index contributed by atoms with van der Waals surface area (Å²) in [5, 5.41) is 0.448. The number of aromatic nitrogens is 6. The average Bonchev–Trinajstić information content (AvgIpc) is 3.02. The van der Waals surface area contributed by atoms with Crippen molar-refractivity contribution in [2.45, 2.75) is 0 Å². The summed E-state index contributed by atoms with van der Waals surface area (Å²) >= 11 is 6.27. The molecule has 0 amide bonds. The van der Waals surface area contributed by atoms with Crippen molar-refractivity contribution < 1.29 is 0 Å². The molecular weight excluding hydrogens is 240 g/mol. The van der Waals surface area contributed by atoms with E-state index in [4.69, 9.17) is 11.6 Å². The van der Waals surface area contributed by atoms with E-state index < -0.39 is 0 Å². The van der Waals surface area contributed by atoms with Crippen molar-refractivity contribution in [3.8, 4) is 11.6 Å². The van der Waals surface area contributed by atoms with Gasteiger partial charge >= 0.3 is 0 Å². The van der Waals surface area contributed by atoms with Crippen LogP contribution in [0.25, 0.3) is 11.6 Å². The summed E-state index contributed by atoms with van der Waals surface area (Å²) in [6.45, 7) is 0. The molecule has 0 fully saturated rings. The molecule has 3 aromatic heterocycles. The van der Waals surface area contributed by atoms with Crippen molar-refractivity contribution in [2.75, 3.05) is 0 Å². The predicted molar refractivity (Wildman–Crippen MR) is 61.3 cm³/mol. The zero-order valence-electron chi connectivity index (χ0n) is 8.60. The Kier molecular flexibility index (Phi) is 2.34. The molecule has 0 spiro atoms. The summed E-state index contributed by atoms with van der Waals surface area (Å²) in [5.74, 6) is 1.17. The van der Waals surface area contributed by atoms with Crippen molar-refractivity contribution in [1.82, 2.24) is 29.1 Å². The third-order valence-corrected chi connectivity index (χ3v) is 2.59. The van der Waals surface area contributed by atoms with Gasteiger partial charge in [0.15, 0.2) is 11.6 Å². The maximum absolute atomic E-state index is 6.27. The molecule has 0 bridgehead atoms. The number of imidazole rings is 2. The van der Waals surface area contributed by atoms with Crippen LogP contribution in [0, 0.1) is 0 Å². The normalized spacial score (nSPS) is 10.6. The second-order valence-corrected chi connectivity index (χ2v) is 3.65. The van der Waals surface area contributed by atoms with Gasteiger partial charge in [-0.2, -0.15) is 0 Å². The van der Waals surface area contributed by atoms with Gasteiger partial charge in [0.1, 0.15) is 24.0 Å².